The molecule has 0 aliphatic carbocycles. The van der Waals surface area contributed by atoms with Gasteiger partial charge in [-0.3, -0.25) is 4.79 Å². The van der Waals surface area contributed by atoms with E-state index < -0.39 is 5.97 Å². The maximum absolute atomic E-state index is 11.6. The van der Waals surface area contributed by atoms with Crippen molar-refractivity contribution in [1.82, 2.24) is 4.98 Å². The van der Waals surface area contributed by atoms with E-state index in [4.69, 9.17) is 4.74 Å². The minimum atomic E-state index is -0.847. The number of rotatable bonds is 5. The summed E-state index contributed by atoms with van der Waals surface area (Å²) >= 11 is 0. The largest absolute Gasteiger partial charge is 0.481 e. The van der Waals surface area contributed by atoms with Crippen LogP contribution in [0.15, 0.2) is 66.7 Å². The van der Waals surface area contributed by atoms with Crippen molar-refractivity contribution in [3.05, 3.63) is 83.4 Å². The van der Waals surface area contributed by atoms with E-state index >= 15 is 0 Å². The van der Waals surface area contributed by atoms with Crippen molar-refractivity contribution in [3.8, 4) is 22.8 Å². The van der Waals surface area contributed by atoms with Crippen molar-refractivity contribution in [1.29, 1.82) is 0 Å². The lowest BCUT2D eigenvalue weighted by atomic mass is 9.98. The molecule has 4 heteroatoms. The normalized spacial score (nSPS) is 10.9. The van der Waals surface area contributed by atoms with Crippen molar-refractivity contribution in [2.75, 3.05) is 0 Å². The number of benzene rings is 3. The van der Waals surface area contributed by atoms with Crippen LogP contribution >= 0.6 is 0 Å². The molecule has 4 aromatic rings. The van der Waals surface area contributed by atoms with E-state index in [0.29, 0.717) is 5.75 Å². The second-order valence-corrected chi connectivity index (χ2v) is 6.94. The molecule has 0 fully saturated rings. The Morgan fingerprint density at radius 3 is 2.39 bits per heavy atom. The summed E-state index contributed by atoms with van der Waals surface area (Å²) in [4.78, 5) is 15.0. The van der Waals surface area contributed by atoms with Gasteiger partial charge >= 0.3 is 5.97 Å². The molecular weight excluding hydrogens is 350 g/mol. The number of aromatic amines is 1. The van der Waals surface area contributed by atoms with Crippen molar-refractivity contribution in [3.63, 3.8) is 0 Å². The summed E-state index contributed by atoms with van der Waals surface area (Å²) in [6.07, 6.45) is -0.0383. The first kappa shape index (κ1) is 17.9. The monoisotopic (exact) mass is 371 g/mol. The third-order valence-corrected chi connectivity index (χ3v) is 4.91. The number of aryl methyl sites for hydroxylation is 2. The molecular formula is C24H21NO3. The summed E-state index contributed by atoms with van der Waals surface area (Å²) in [6, 6.07) is 21.4. The zero-order chi connectivity index (χ0) is 19.7. The van der Waals surface area contributed by atoms with Gasteiger partial charge in [-0.2, -0.15) is 0 Å². The molecule has 0 atom stereocenters. The number of aromatic nitrogens is 1. The molecule has 3 aromatic carbocycles. The molecule has 0 saturated heterocycles. The lowest BCUT2D eigenvalue weighted by molar-refractivity contribution is -0.136. The molecule has 0 radical (unpaired) electrons. The number of carboxylic acids is 1. The first-order valence-corrected chi connectivity index (χ1v) is 9.19. The second-order valence-electron chi connectivity index (χ2n) is 6.94. The van der Waals surface area contributed by atoms with Gasteiger partial charge in [0.25, 0.3) is 0 Å². The van der Waals surface area contributed by atoms with Crippen LogP contribution in [0.1, 0.15) is 16.7 Å². The summed E-state index contributed by atoms with van der Waals surface area (Å²) in [5, 5.41) is 10.5. The summed E-state index contributed by atoms with van der Waals surface area (Å²) in [7, 11) is 0. The average molecular weight is 371 g/mol. The van der Waals surface area contributed by atoms with Gasteiger partial charge < -0.3 is 14.8 Å². The van der Waals surface area contributed by atoms with E-state index in [1.54, 1.807) is 0 Å². The number of carboxylic acid groups (broad SMARTS) is 1. The van der Waals surface area contributed by atoms with E-state index in [9.17, 15) is 9.90 Å². The first-order valence-electron chi connectivity index (χ1n) is 9.19. The Hall–Kier alpha value is -3.53. The Morgan fingerprint density at radius 2 is 1.64 bits per heavy atom. The highest BCUT2D eigenvalue weighted by Gasteiger charge is 2.19. The molecule has 140 valence electrons. The van der Waals surface area contributed by atoms with Crippen LogP contribution in [0.5, 0.6) is 11.5 Å². The topological polar surface area (TPSA) is 62.3 Å². The maximum Gasteiger partial charge on any atom is 0.307 e. The van der Waals surface area contributed by atoms with Gasteiger partial charge in [0, 0.05) is 16.5 Å². The zero-order valence-electron chi connectivity index (χ0n) is 15.8. The number of H-pyrrole nitrogens is 1. The standard InChI is InChI=1S/C24H21NO3/c1-15-11-12-16(2)23-22(15)20(14-21(26)27)24(25-23)17-7-6-10-19(13-17)28-18-8-4-3-5-9-18/h3-13,25H,14H2,1-2H3,(H,26,27). The van der Waals surface area contributed by atoms with Crippen LogP contribution in [0, 0.1) is 13.8 Å². The number of hydrogen-bond donors (Lipinski definition) is 2. The van der Waals surface area contributed by atoms with Gasteiger partial charge in [0.2, 0.25) is 0 Å². The summed E-state index contributed by atoms with van der Waals surface area (Å²) in [6.45, 7) is 4.04. The van der Waals surface area contributed by atoms with Gasteiger partial charge in [0.05, 0.1) is 12.1 Å². The van der Waals surface area contributed by atoms with Crippen molar-refractivity contribution in [2.24, 2.45) is 0 Å². The lowest BCUT2D eigenvalue weighted by Crippen LogP contribution is -2.01. The van der Waals surface area contributed by atoms with Gasteiger partial charge in [-0.25, -0.2) is 0 Å². The summed E-state index contributed by atoms with van der Waals surface area (Å²) < 4.78 is 5.95. The third kappa shape index (κ3) is 3.37. The number of fused-ring (bicyclic) bond motifs is 1. The van der Waals surface area contributed by atoms with Gasteiger partial charge in [0.1, 0.15) is 11.5 Å². The second kappa shape index (κ2) is 7.24. The molecule has 4 nitrogen and oxygen atoms in total. The predicted octanol–water partition coefficient (Wildman–Crippen LogP) is 5.87. The molecule has 28 heavy (non-hydrogen) atoms. The Kier molecular flexibility index (Phi) is 4.62. The van der Waals surface area contributed by atoms with Crippen LogP contribution in [0.4, 0.5) is 0 Å². The van der Waals surface area contributed by atoms with Crippen LogP contribution in [-0.2, 0) is 11.2 Å². The van der Waals surface area contributed by atoms with Crippen LogP contribution in [-0.4, -0.2) is 16.1 Å². The fourth-order valence-electron chi connectivity index (χ4n) is 3.60. The quantitative estimate of drug-likeness (QED) is 0.461. The first-order chi connectivity index (χ1) is 13.5. The molecule has 0 unspecified atom stereocenters. The molecule has 0 saturated carbocycles. The molecule has 2 N–H and O–H groups in total. The van der Waals surface area contributed by atoms with Gasteiger partial charge in [-0.05, 0) is 54.8 Å². The van der Waals surface area contributed by atoms with Crippen LogP contribution in [0.25, 0.3) is 22.2 Å². The zero-order valence-corrected chi connectivity index (χ0v) is 15.8. The van der Waals surface area contributed by atoms with Crippen LogP contribution < -0.4 is 4.74 Å². The van der Waals surface area contributed by atoms with E-state index in [1.807, 2.05) is 74.5 Å². The van der Waals surface area contributed by atoms with Gasteiger partial charge in [-0.15, -0.1) is 0 Å². The fraction of sp³-hybridized carbons (Fsp3) is 0.125. The van der Waals surface area contributed by atoms with Crippen molar-refractivity contribution < 1.29 is 14.6 Å². The maximum atomic E-state index is 11.6. The van der Waals surface area contributed by atoms with Gasteiger partial charge in [-0.1, -0.05) is 42.5 Å². The van der Waals surface area contributed by atoms with Crippen molar-refractivity contribution in [2.45, 2.75) is 20.3 Å². The minimum absolute atomic E-state index is 0.0383. The van der Waals surface area contributed by atoms with E-state index in [0.717, 1.165) is 44.6 Å². The highest BCUT2D eigenvalue weighted by atomic mass is 16.5. The highest BCUT2D eigenvalue weighted by molar-refractivity contribution is 5.97. The van der Waals surface area contributed by atoms with Crippen molar-refractivity contribution >= 4 is 16.9 Å². The summed E-state index contributed by atoms with van der Waals surface area (Å²) in [5.41, 5.74) is 5.68. The molecule has 0 amide bonds. The van der Waals surface area contributed by atoms with E-state index in [1.165, 1.54) is 0 Å². The Labute approximate surface area is 163 Å². The molecule has 0 aliphatic rings. The molecule has 1 heterocycles. The number of para-hydroxylation sites is 1. The summed E-state index contributed by atoms with van der Waals surface area (Å²) in [5.74, 6) is 0.616. The van der Waals surface area contributed by atoms with Crippen LogP contribution in [0.2, 0.25) is 0 Å². The number of aliphatic carboxylic acids is 1. The number of nitrogens with one attached hydrogen (secondary N) is 1. The number of ether oxygens (including phenoxy) is 1. The Morgan fingerprint density at radius 1 is 0.929 bits per heavy atom. The average Bonchev–Trinajstić information content (AvgIpc) is 3.06. The Bertz CT molecular complexity index is 1160. The molecule has 0 bridgehead atoms. The molecule has 1 aromatic heterocycles. The van der Waals surface area contributed by atoms with E-state index in [2.05, 4.69) is 11.1 Å². The number of hydrogen-bond acceptors (Lipinski definition) is 2. The van der Waals surface area contributed by atoms with Crippen LogP contribution in [0.3, 0.4) is 0 Å². The third-order valence-electron chi connectivity index (χ3n) is 4.91. The molecule has 0 aliphatic heterocycles. The SMILES string of the molecule is Cc1ccc(C)c2c(CC(=O)O)c(-c3cccc(Oc4ccccc4)c3)[nH]c12. The number of carbonyl (C=O) groups is 1. The molecule has 4 rings (SSSR count). The fourth-order valence-corrected chi connectivity index (χ4v) is 3.60. The minimum Gasteiger partial charge on any atom is -0.481 e. The predicted molar refractivity (Wildman–Crippen MR) is 111 cm³/mol. The van der Waals surface area contributed by atoms with E-state index in [-0.39, 0.29) is 6.42 Å². The molecule has 0 spiro atoms. The Balaban J connectivity index is 1.85. The smallest absolute Gasteiger partial charge is 0.307 e. The lowest BCUT2D eigenvalue weighted by Gasteiger charge is -2.08. The van der Waals surface area contributed by atoms with Gasteiger partial charge in [0.15, 0.2) is 0 Å². The highest BCUT2D eigenvalue weighted by Crippen LogP contribution is 2.36.